The Hall–Kier alpha value is -0.760. The van der Waals surface area contributed by atoms with Gasteiger partial charge in [0.25, 0.3) is 0 Å². The summed E-state index contributed by atoms with van der Waals surface area (Å²) in [5, 5.41) is 0. The molecule has 0 spiro atoms. The number of rotatable bonds is 2. The standard InChI is InChI=1S/C13H19ClN2/c1-10-6-12(11(7-14)8-15-10)16-5-4-13(2,3)9-16/h6,8H,4-5,7,9H2,1-3H3. The summed E-state index contributed by atoms with van der Waals surface area (Å²) in [6.45, 7) is 8.91. The molecule has 0 radical (unpaired) electrons. The Labute approximate surface area is 103 Å². The van der Waals surface area contributed by atoms with Crippen molar-refractivity contribution < 1.29 is 0 Å². The predicted octanol–water partition coefficient (Wildman–Crippen LogP) is 3.37. The van der Waals surface area contributed by atoms with Crippen molar-refractivity contribution in [3.05, 3.63) is 23.5 Å². The van der Waals surface area contributed by atoms with Crippen molar-refractivity contribution in [2.75, 3.05) is 18.0 Å². The zero-order valence-electron chi connectivity index (χ0n) is 10.3. The highest BCUT2D eigenvalue weighted by atomic mass is 35.5. The van der Waals surface area contributed by atoms with Crippen molar-refractivity contribution in [1.82, 2.24) is 4.98 Å². The fourth-order valence-electron chi connectivity index (χ4n) is 2.29. The summed E-state index contributed by atoms with van der Waals surface area (Å²) in [5.41, 5.74) is 3.90. The molecule has 0 unspecified atom stereocenters. The van der Waals surface area contributed by atoms with E-state index in [2.05, 4.69) is 29.8 Å². The fourth-order valence-corrected chi connectivity index (χ4v) is 2.49. The summed E-state index contributed by atoms with van der Waals surface area (Å²) in [6, 6.07) is 2.15. The number of anilines is 1. The number of halogens is 1. The lowest BCUT2D eigenvalue weighted by Gasteiger charge is -2.23. The molecule has 1 aromatic rings. The first-order valence-corrected chi connectivity index (χ1v) is 6.32. The second-order valence-corrected chi connectivity index (χ2v) is 5.69. The van der Waals surface area contributed by atoms with Gasteiger partial charge in [-0.3, -0.25) is 4.98 Å². The van der Waals surface area contributed by atoms with Gasteiger partial charge in [-0.15, -0.1) is 11.6 Å². The van der Waals surface area contributed by atoms with Gasteiger partial charge in [0.15, 0.2) is 0 Å². The molecule has 1 fully saturated rings. The molecule has 2 heterocycles. The highest BCUT2D eigenvalue weighted by molar-refractivity contribution is 6.17. The third-order valence-corrected chi connectivity index (χ3v) is 3.55. The third kappa shape index (κ3) is 2.32. The van der Waals surface area contributed by atoms with E-state index in [1.807, 2.05) is 13.1 Å². The maximum Gasteiger partial charge on any atom is 0.0509 e. The van der Waals surface area contributed by atoms with Gasteiger partial charge in [0.2, 0.25) is 0 Å². The number of hydrogen-bond donors (Lipinski definition) is 0. The van der Waals surface area contributed by atoms with Gasteiger partial charge in [0.1, 0.15) is 0 Å². The van der Waals surface area contributed by atoms with Gasteiger partial charge in [0, 0.05) is 36.2 Å². The van der Waals surface area contributed by atoms with E-state index in [9.17, 15) is 0 Å². The van der Waals surface area contributed by atoms with Crippen LogP contribution in [0, 0.1) is 12.3 Å². The Bertz CT molecular complexity index is 388. The monoisotopic (exact) mass is 238 g/mol. The Morgan fingerprint density at radius 2 is 2.25 bits per heavy atom. The molecule has 0 saturated carbocycles. The van der Waals surface area contributed by atoms with Crippen LogP contribution in [0.1, 0.15) is 31.5 Å². The Morgan fingerprint density at radius 3 is 2.81 bits per heavy atom. The van der Waals surface area contributed by atoms with E-state index < -0.39 is 0 Å². The molecule has 3 heteroatoms. The first-order chi connectivity index (χ1) is 7.52. The minimum atomic E-state index is 0.417. The van der Waals surface area contributed by atoms with Crippen LogP contribution in [0.3, 0.4) is 0 Å². The third-order valence-electron chi connectivity index (χ3n) is 3.26. The molecule has 0 aromatic carbocycles. The maximum absolute atomic E-state index is 5.97. The molecule has 0 aliphatic carbocycles. The molecule has 1 aromatic heterocycles. The van der Waals surface area contributed by atoms with E-state index in [0.29, 0.717) is 11.3 Å². The fraction of sp³-hybridized carbons (Fsp3) is 0.615. The highest BCUT2D eigenvalue weighted by Gasteiger charge is 2.30. The SMILES string of the molecule is Cc1cc(N2CCC(C)(C)C2)c(CCl)cn1. The molecular weight excluding hydrogens is 220 g/mol. The minimum Gasteiger partial charge on any atom is -0.371 e. The van der Waals surface area contributed by atoms with E-state index in [-0.39, 0.29) is 0 Å². The number of nitrogens with zero attached hydrogens (tertiary/aromatic N) is 2. The van der Waals surface area contributed by atoms with Gasteiger partial charge in [-0.2, -0.15) is 0 Å². The van der Waals surface area contributed by atoms with Crippen molar-refractivity contribution in [1.29, 1.82) is 0 Å². The van der Waals surface area contributed by atoms with Gasteiger partial charge in [-0.1, -0.05) is 13.8 Å². The molecule has 16 heavy (non-hydrogen) atoms. The number of aryl methyl sites for hydroxylation is 1. The van der Waals surface area contributed by atoms with Gasteiger partial charge in [-0.25, -0.2) is 0 Å². The lowest BCUT2D eigenvalue weighted by molar-refractivity contribution is 0.418. The lowest BCUT2D eigenvalue weighted by Crippen LogP contribution is -2.23. The van der Waals surface area contributed by atoms with Crippen molar-refractivity contribution >= 4 is 17.3 Å². The molecule has 1 aliphatic heterocycles. The Balaban J connectivity index is 2.30. The molecule has 0 atom stereocenters. The first kappa shape index (κ1) is 11.7. The second kappa shape index (κ2) is 4.25. The molecule has 2 nitrogen and oxygen atoms in total. The second-order valence-electron chi connectivity index (χ2n) is 5.42. The van der Waals surface area contributed by atoms with Gasteiger partial charge < -0.3 is 4.90 Å². The predicted molar refractivity (Wildman–Crippen MR) is 69.1 cm³/mol. The molecular formula is C13H19ClN2. The highest BCUT2D eigenvalue weighted by Crippen LogP contribution is 2.34. The topological polar surface area (TPSA) is 16.1 Å². The number of alkyl halides is 1. The zero-order valence-corrected chi connectivity index (χ0v) is 11.0. The molecule has 0 N–H and O–H groups in total. The van der Waals surface area contributed by atoms with Gasteiger partial charge >= 0.3 is 0 Å². The van der Waals surface area contributed by atoms with Crippen LogP contribution in [0.4, 0.5) is 5.69 Å². The van der Waals surface area contributed by atoms with E-state index >= 15 is 0 Å². The van der Waals surface area contributed by atoms with Crippen LogP contribution in [-0.2, 0) is 5.88 Å². The number of pyridine rings is 1. The van der Waals surface area contributed by atoms with Crippen LogP contribution in [0.2, 0.25) is 0 Å². The van der Waals surface area contributed by atoms with Crippen molar-refractivity contribution in [2.24, 2.45) is 5.41 Å². The quantitative estimate of drug-likeness (QED) is 0.735. The maximum atomic E-state index is 5.97. The van der Waals surface area contributed by atoms with Crippen LogP contribution in [-0.4, -0.2) is 18.1 Å². The summed E-state index contributed by atoms with van der Waals surface area (Å²) in [6.07, 6.45) is 3.15. The van der Waals surface area contributed by atoms with Crippen LogP contribution in [0.25, 0.3) is 0 Å². The Morgan fingerprint density at radius 1 is 1.50 bits per heavy atom. The minimum absolute atomic E-state index is 0.417. The van der Waals surface area contributed by atoms with Crippen molar-refractivity contribution in [3.8, 4) is 0 Å². The lowest BCUT2D eigenvalue weighted by atomic mass is 9.93. The summed E-state index contributed by atoms with van der Waals surface area (Å²) in [5.74, 6) is 0.541. The molecule has 2 rings (SSSR count). The normalized spacial score (nSPS) is 19.1. The van der Waals surface area contributed by atoms with E-state index in [0.717, 1.165) is 24.3 Å². The van der Waals surface area contributed by atoms with E-state index in [1.54, 1.807) is 0 Å². The number of hydrogen-bond acceptors (Lipinski definition) is 2. The summed E-state index contributed by atoms with van der Waals surface area (Å²) in [4.78, 5) is 6.74. The average Bonchev–Trinajstić information content (AvgIpc) is 2.59. The number of aromatic nitrogens is 1. The van der Waals surface area contributed by atoms with Crippen molar-refractivity contribution in [3.63, 3.8) is 0 Å². The molecule has 1 aliphatic rings. The van der Waals surface area contributed by atoms with Gasteiger partial charge in [-0.05, 0) is 24.8 Å². The first-order valence-electron chi connectivity index (χ1n) is 5.78. The van der Waals surface area contributed by atoms with Gasteiger partial charge in [0.05, 0.1) is 5.88 Å². The van der Waals surface area contributed by atoms with Crippen LogP contribution >= 0.6 is 11.6 Å². The largest absolute Gasteiger partial charge is 0.371 e. The average molecular weight is 239 g/mol. The Kier molecular flexibility index (Phi) is 3.11. The molecule has 0 bridgehead atoms. The zero-order chi connectivity index (χ0) is 11.8. The molecule has 88 valence electrons. The van der Waals surface area contributed by atoms with E-state index in [1.165, 1.54) is 12.1 Å². The summed E-state index contributed by atoms with van der Waals surface area (Å²) in [7, 11) is 0. The summed E-state index contributed by atoms with van der Waals surface area (Å²) >= 11 is 5.97. The smallest absolute Gasteiger partial charge is 0.0509 e. The van der Waals surface area contributed by atoms with Crippen LogP contribution in [0.15, 0.2) is 12.3 Å². The van der Waals surface area contributed by atoms with E-state index in [4.69, 9.17) is 11.6 Å². The molecule has 0 amide bonds. The summed E-state index contributed by atoms with van der Waals surface area (Å²) < 4.78 is 0. The van der Waals surface area contributed by atoms with Crippen LogP contribution in [0.5, 0.6) is 0 Å². The molecule has 1 saturated heterocycles. The van der Waals surface area contributed by atoms with Crippen molar-refractivity contribution in [2.45, 2.75) is 33.1 Å². The van der Waals surface area contributed by atoms with Crippen LogP contribution < -0.4 is 4.90 Å².